The minimum Gasteiger partial charge on any atom is -0.479 e. The number of carboxylic acid groups (broad SMARTS) is 1. The molecular formula is C25H30N4O7S. The monoisotopic (exact) mass is 530 g/mol. The summed E-state index contributed by atoms with van der Waals surface area (Å²) in [5, 5.41) is 10.8. The van der Waals surface area contributed by atoms with Gasteiger partial charge in [0.2, 0.25) is 5.88 Å². The first kappa shape index (κ1) is 26.4. The average molecular weight is 531 g/mol. The second kappa shape index (κ2) is 9.33. The standard InChI is InChI=1S/C25H30N4O7S/c1-6-25(22(30)31)13-17(14-29(25)23(32)36-24(2,3)4)35-21-12-20(26-15-27-21)28-10-9-16-11-18(37(5,33)34)7-8-19(16)28/h7-12,15,17H,6,13-14H2,1-5H3,(H,30,31). The Morgan fingerprint density at radius 2 is 1.92 bits per heavy atom. The SMILES string of the molecule is CCC1(C(=O)O)CC(Oc2cc(-n3ccc4cc(S(C)(=O)=O)ccc43)ncn2)CN1C(=O)OC(C)(C)C. The molecule has 0 aliphatic carbocycles. The zero-order valence-electron chi connectivity index (χ0n) is 21.3. The summed E-state index contributed by atoms with van der Waals surface area (Å²) in [6.07, 6.45) is 3.15. The summed E-state index contributed by atoms with van der Waals surface area (Å²) < 4.78 is 37.1. The molecule has 1 amide bonds. The largest absolute Gasteiger partial charge is 0.479 e. The number of amides is 1. The third-order valence-corrected chi connectivity index (χ3v) is 7.43. The molecule has 4 rings (SSSR count). The molecule has 1 saturated heterocycles. The van der Waals surface area contributed by atoms with E-state index in [4.69, 9.17) is 9.47 Å². The minimum atomic E-state index is -3.34. The summed E-state index contributed by atoms with van der Waals surface area (Å²) in [7, 11) is -3.34. The van der Waals surface area contributed by atoms with Gasteiger partial charge in [-0.3, -0.25) is 4.90 Å². The lowest BCUT2D eigenvalue weighted by Gasteiger charge is -2.34. The van der Waals surface area contributed by atoms with Gasteiger partial charge in [-0.25, -0.2) is 28.0 Å². The normalized spacial score (nSPS) is 20.2. The number of benzene rings is 1. The van der Waals surface area contributed by atoms with Crippen molar-refractivity contribution in [1.82, 2.24) is 19.4 Å². The van der Waals surface area contributed by atoms with E-state index in [1.165, 1.54) is 17.3 Å². The highest BCUT2D eigenvalue weighted by Gasteiger charge is 2.54. The highest BCUT2D eigenvalue weighted by atomic mass is 32.2. The number of ether oxygens (including phenoxy) is 2. The molecule has 3 aromatic rings. The Morgan fingerprint density at radius 3 is 2.54 bits per heavy atom. The summed E-state index contributed by atoms with van der Waals surface area (Å²) >= 11 is 0. The fraction of sp³-hybridized carbons (Fsp3) is 0.440. The highest BCUT2D eigenvalue weighted by molar-refractivity contribution is 7.90. The highest BCUT2D eigenvalue weighted by Crippen LogP contribution is 2.36. The molecule has 1 aliphatic heterocycles. The van der Waals surface area contributed by atoms with Crippen molar-refractivity contribution in [2.24, 2.45) is 0 Å². The Balaban J connectivity index is 1.60. The number of likely N-dealkylation sites (tertiary alicyclic amines) is 1. The zero-order chi connectivity index (χ0) is 27.2. The van der Waals surface area contributed by atoms with Crippen LogP contribution in [0.1, 0.15) is 40.5 Å². The molecule has 12 heteroatoms. The number of fused-ring (bicyclic) bond motifs is 1. The molecule has 198 valence electrons. The molecule has 2 unspecified atom stereocenters. The fourth-order valence-corrected chi connectivity index (χ4v) is 5.17. The second-order valence-electron chi connectivity index (χ2n) is 10.1. The van der Waals surface area contributed by atoms with Crippen molar-refractivity contribution < 1.29 is 32.6 Å². The molecule has 0 saturated carbocycles. The molecule has 3 heterocycles. The van der Waals surface area contributed by atoms with E-state index in [1.807, 2.05) is 0 Å². The maximum Gasteiger partial charge on any atom is 0.411 e. The lowest BCUT2D eigenvalue weighted by molar-refractivity contribution is -0.149. The summed E-state index contributed by atoms with van der Waals surface area (Å²) in [5.74, 6) is -0.428. The van der Waals surface area contributed by atoms with Crippen LogP contribution >= 0.6 is 0 Å². The Bertz CT molecular complexity index is 1460. The van der Waals surface area contributed by atoms with Gasteiger partial charge < -0.3 is 19.1 Å². The van der Waals surface area contributed by atoms with E-state index in [-0.39, 0.29) is 30.2 Å². The number of carbonyl (C=O) groups is 2. The third-order valence-electron chi connectivity index (χ3n) is 6.32. The molecule has 1 fully saturated rings. The van der Waals surface area contributed by atoms with E-state index in [0.717, 1.165) is 17.2 Å². The first-order valence-corrected chi connectivity index (χ1v) is 13.7. The maximum absolute atomic E-state index is 12.9. The van der Waals surface area contributed by atoms with Crippen LogP contribution in [0.2, 0.25) is 0 Å². The van der Waals surface area contributed by atoms with Gasteiger partial charge in [-0.05, 0) is 51.5 Å². The number of hydrogen-bond donors (Lipinski definition) is 1. The molecule has 1 N–H and O–H groups in total. The number of nitrogens with zero attached hydrogens (tertiary/aromatic N) is 4. The van der Waals surface area contributed by atoms with Crippen LogP contribution in [-0.4, -0.2) is 75.1 Å². The molecule has 0 spiro atoms. The van der Waals surface area contributed by atoms with Crippen molar-refractivity contribution >= 4 is 32.8 Å². The third kappa shape index (κ3) is 5.24. The second-order valence-corrected chi connectivity index (χ2v) is 12.1. The van der Waals surface area contributed by atoms with Gasteiger partial charge in [-0.1, -0.05) is 6.92 Å². The predicted octanol–water partition coefficient (Wildman–Crippen LogP) is 3.45. The van der Waals surface area contributed by atoms with E-state index >= 15 is 0 Å². The molecule has 0 bridgehead atoms. The Kier molecular flexibility index (Phi) is 6.65. The van der Waals surface area contributed by atoms with Crippen LogP contribution in [0, 0.1) is 0 Å². The summed E-state index contributed by atoms with van der Waals surface area (Å²) in [5.41, 5.74) is -1.50. The average Bonchev–Trinajstić information content (AvgIpc) is 3.39. The number of aromatic nitrogens is 3. The summed E-state index contributed by atoms with van der Waals surface area (Å²) in [6.45, 7) is 6.90. The smallest absolute Gasteiger partial charge is 0.411 e. The number of rotatable bonds is 6. The van der Waals surface area contributed by atoms with Gasteiger partial charge in [0.25, 0.3) is 0 Å². The fourth-order valence-electron chi connectivity index (χ4n) is 4.51. The van der Waals surface area contributed by atoms with Crippen LogP contribution in [-0.2, 0) is 19.4 Å². The van der Waals surface area contributed by atoms with E-state index in [1.54, 1.807) is 62.7 Å². The van der Waals surface area contributed by atoms with Crippen LogP contribution in [0.4, 0.5) is 4.79 Å². The molecule has 11 nitrogen and oxygen atoms in total. The number of carbonyl (C=O) groups excluding carboxylic acids is 1. The van der Waals surface area contributed by atoms with Crippen molar-refractivity contribution in [3.63, 3.8) is 0 Å². The quantitative estimate of drug-likeness (QED) is 0.507. The lowest BCUT2D eigenvalue weighted by Crippen LogP contribution is -2.53. The Morgan fingerprint density at radius 1 is 1.19 bits per heavy atom. The number of sulfone groups is 1. The van der Waals surface area contributed by atoms with Crippen molar-refractivity contribution in [2.45, 2.75) is 62.7 Å². The van der Waals surface area contributed by atoms with Crippen molar-refractivity contribution in [3.05, 3.63) is 42.9 Å². The molecule has 2 aromatic heterocycles. The van der Waals surface area contributed by atoms with E-state index < -0.39 is 39.1 Å². The number of carboxylic acids is 1. The summed E-state index contributed by atoms with van der Waals surface area (Å²) in [4.78, 5) is 35.1. The van der Waals surface area contributed by atoms with Gasteiger partial charge >= 0.3 is 12.1 Å². The van der Waals surface area contributed by atoms with Crippen molar-refractivity contribution in [3.8, 4) is 11.7 Å². The molecule has 1 aliphatic rings. The van der Waals surface area contributed by atoms with Crippen molar-refractivity contribution in [2.75, 3.05) is 12.8 Å². The van der Waals surface area contributed by atoms with Gasteiger partial charge in [0.05, 0.1) is 17.0 Å². The lowest BCUT2D eigenvalue weighted by atomic mass is 9.92. The minimum absolute atomic E-state index is 0.0229. The topological polar surface area (TPSA) is 141 Å². The number of hydrogen-bond acceptors (Lipinski definition) is 8. The van der Waals surface area contributed by atoms with Gasteiger partial charge in [-0.2, -0.15) is 0 Å². The molecule has 2 atom stereocenters. The molecular weight excluding hydrogens is 500 g/mol. The van der Waals surface area contributed by atoms with E-state index in [9.17, 15) is 23.1 Å². The van der Waals surface area contributed by atoms with Crippen LogP contribution in [0.25, 0.3) is 16.7 Å². The molecule has 0 radical (unpaired) electrons. The van der Waals surface area contributed by atoms with Crippen molar-refractivity contribution in [1.29, 1.82) is 0 Å². The Hall–Kier alpha value is -3.67. The molecule has 1 aromatic carbocycles. The van der Waals surface area contributed by atoms with E-state index in [0.29, 0.717) is 5.82 Å². The van der Waals surface area contributed by atoms with Crippen LogP contribution < -0.4 is 4.74 Å². The molecule has 37 heavy (non-hydrogen) atoms. The predicted molar refractivity (Wildman–Crippen MR) is 135 cm³/mol. The maximum atomic E-state index is 12.9. The zero-order valence-corrected chi connectivity index (χ0v) is 22.2. The van der Waals surface area contributed by atoms with E-state index in [2.05, 4.69) is 9.97 Å². The van der Waals surface area contributed by atoms with Crippen LogP contribution in [0.5, 0.6) is 5.88 Å². The van der Waals surface area contributed by atoms with Gasteiger partial charge in [0, 0.05) is 30.3 Å². The number of aliphatic carboxylic acids is 1. The first-order valence-electron chi connectivity index (χ1n) is 11.8. The van der Waals surface area contributed by atoms with Gasteiger partial charge in [0.1, 0.15) is 29.4 Å². The van der Waals surface area contributed by atoms with Gasteiger partial charge in [0.15, 0.2) is 9.84 Å². The van der Waals surface area contributed by atoms with Crippen LogP contribution in [0.15, 0.2) is 47.8 Å². The Labute approximate surface area is 214 Å². The van der Waals surface area contributed by atoms with Gasteiger partial charge in [-0.15, -0.1) is 0 Å². The summed E-state index contributed by atoms with van der Waals surface area (Å²) in [6, 6.07) is 8.22. The first-order chi connectivity index (χ1) is 17.2. The van der Waals surface area contributed by atoms with Crippen LogP contribution in [0.3, 0.4) is 0 Å².